The second-order valence-corrected chi connectivity index (χ2v) is 5.98. The van der Waals surface area contributed by atoms with Gasteiger partial charge in [0.2, 0.25) is 0 Å². The van der Waals surface area contributed by atoms with Crippen LogP contribution < -0.4 is 33.7 Å². The molecule has 0 atom stereocenters. The molecule has 0 radical (unpaired) electrons. The van der Waals surface area contributed by atoms with Crippen molar-refractivity contribution in [3.05, 3.63) is 35.2 Å². The molecule has 94 valence electrons. The zero-order valence-electron chi connectivity index (χ0n) is 9.73. The maximum atomic E-state index is 10.8. The molecule has 0 amide bonds. The van der Waals surface area contributed by atoms with Gasteiger partial charge in [-0.3, -0.25) is 0 Å². The fraction of sp³-hybridized carbons (Fsp3) is 0.111. The molecule has 1 aromatic carbocycles. The van der Waals surface area contributed by atoms with Crippen molar-refractivity contribution in [3.8, 4) is 5.75 Å². The Morgan fingerprint density at radius 2 is 1.61 bits per heavy atom. The van der Waals surface area contributed by atoms with E-state index in [1.54, 1.807) is 0 Å². The molecule has 0 spiro atoms. The first kappa shape index (κ1) is 17.6. The zero-order chi connectivity index (χ0) is 13.1. The van der Waals surface area contributed by atoms with E-state index in [0.29, 0.717) is 11.0 Å². The van der Waals surface area contributed by atoms with E-state index in [2.05, 4.69) is 4.18 Å². The first-order valence-corrected chi connectivity index (χ1v) is 7.58. The Hall–Kier alpha value is -0.380. The van der Waals surface area contributed by atoms with Crippen LogP contribution in [0.4, 0.5) is 0 Å². The summed E-state index contributed by atoms with van der Waals surface area (Å²) in [5.74, 6) is 0.106. The molecule has 0 aliphatic rings. The van der Waals surface area contributed by atoms with Gasteiger partial charge in [0.25, 0.3) is 0 Å². The molecule has 0 heterocycles. The molecule has 0 aliphatic carbocycles. The van der Waals surface area contributed by atoms with Crippen LogP contribution >= 0.6 is 0 Å². The number of hydrogen-bond acceptors (Lipinski definition) is 6. The van der Waals surface area contributed by atoms with Crippen molar-refractivity contribution in [2.45, 2.75) is 0 Å². The summed E-state index contributed by atoms with van der Waals surface area (Å²) in [5, 5.41) is 0.513. The van der Waals surface area contributed by atoms with Crippen LogP contribution in [0.2, 0.25) is 0 Å². The topological polar surface area (TPSA) is 101 Å². The summed E-state index contributed by atoms with van der Waals surface area (Å²) in [7, 11) is -8.01. The molecule has 1 aromatic rings. The van der Waals surface area contributed by atoms with E-state index in [1.165, 1.54) is 24.3 Å². The summed E-state index contributed by atoms with van der Waals surface area (Å²) < 4.78 is 57.1. The fourth-order valence-corrected chi connectivity index (χ4v) is 1.76. The predicted molar refractivity (Wildman–Crippen MR) is 60.6 cm³/mol. The fourth-order valence-electron chi connectivity index (χ4n) is 0.971. The Morgan fingerprint density at radius 3 is 2.00 bits per heavy atom. The summed E-state index contributed by atoms with van der Waals surface area (Å²) in [6, 6.07) is 5.53. The van der Waals surface area contributed by atoms with Gasteiger partial charge >= 0.3 is 39.7 Å². The SMILES string of the molecule is CS(=O)(=O)Oc1ccc(/C=C/S(=O)(=O)[O-])cc1.[Na+]. The summed E-state index contributed by atoms with van der Waals surface area (Å²) in [6.45, 7) is 0. The zero-order valence-corrected chi connectivity index (χ0v) is 13.4. The first-order valence-electron chi connectivity index (χ1n) is 4.29. The van der Waals surface area contributed by atoms with E-state index in [9.17, 15) is 21.4 Å². The molecule has 0 saturated heterocycles. The van der Waals surface area contributed by atoms with Gasteiger partial charge in [0, 0.05) is 5.41 Å². The first-order chi connectivity index (χ1) is 7.66. The van der Waals surface area contributed by atoms with E-state index >= 15 is 0 Å². The van der Waals surface area contributed by atoms with E-state index in [1.807, 2.05) is 0 Å². The Kier molecular flexibility index (Phi) is 6.55. The van der Waals surface area contributed by atoms with Crippen LogP contribution in [0.3, 0.4) is 0 Å². The van der Waals surface area contributed by atoms with Crippen LogP contribution in [0, 0.1) is 0 Å². The predicted octanol–water partition coefficient (Wildman–Crippen LogP) is -2.46. The van der Waals surface area contributed by atoms with E-state index < -0.39 is 20.2 Å². The van der Waals surface area contributed by atoms with Crippen LogP contribution in [0.25, 0.3) is 6.08 Å². The van der Waals surface area contributed by atoms with Gasteiger partial charge < -0.3 is 8.74 Å². The molecule has 0 saturated carbocycles. The van der Waals surface area contributed by atoms with Gasteiger partial charge in [-0.1, -0.05) is 12.1 Å². The quantitative estimate of drug-likeness (QED) is 0.347. The normalized spacial score (nSPS) is 12.1. The third-order valence-corrected chi connectivity index (χ3v) is 2.52. The van der Waals surface area contributed by atoms with E-state index in [0.717, 1.165) is 12.3 Å². The second kappa shape index (κ2) is 6.69. The molecule has 6 nitrogen and oxygen atoms in total. The number of rotatable bonds is 4. The summed E-state index contributed by atoms with van der Waals surface area (Å²) in [4.78, 5) is 0. The molecule has 0 unspecified atom stereocenters. The standard InChI is InChI=1S/C9H10O6S2.Na/c1-16(10,11)15-9-4-2-8(3-5-9)6-7-17(12,13)14;/h2-7H,1H3,(H,12,13,14);/q;+1/p-1/b7-6+;. The minimum Gasteiger partial charge on any atom is -0.744 e. The molecule has 1 rings (SSSR count). The molecule has 18 heavy (non-hydrogen) atoms. The van der Waals surface area contributed by atoms with Crippen LogP contribution in [-0.4, -0.2) is 27.6 Å². The third-order valence-electron chi connectivity index (χ3n) is 1.55. The average molecular weight is 300 g/mol. The third kappa shape index (κ3) is 7.85. The molecule has 0 bridgehead atoms. The maximum absolute atomic E-state index is 10.8. The molecule has 0 fully saturated rings. The van der Waals surface area contributed by atoms with Gasteiger partial charge in [-0.15, -0.1) is 0 Å². The molecule has 0 aliphatic heterocycles. The minimum absolute atomic E-state index is 0. The minimum atomic E-state index is -4.42. The van der Waals surface area contributed by atoms with Crippen LogP contribution in [0.15, 0.2) is 29.7 Å². The van der Waals surface area contributed by atoms with Crippen molar-refractivity contribution >= 4 is 26.3 Å². The Labute approximate surface area is 128 Å². The Morgan fingerprint density at radius 1 is 1.11 bits per heavy atom. The van der Waals surface area contributed by atoms with Crippen LogP contribution in [-0.2, 0) is 20.2 Å². The van der Waals surface area contributed by atoms with E-state index in [4.69, 9.17) is 0 Å². The van der Waals surface area contributed by atoms with Gasteiger partial charge in [-0.2, -0.15) is 8.42 Å². The van der Waals surface area contributed by atoms with Crippen molar-refractivity contribution in [1.82, 2.24) is 0 Å². The largest absolute Gasteiger partial charge is 1.00 e. The second-order valence-electron chi connectivity index (χ2n) is 3.15. The molecule has 9 heteroatoms. The smallest absolute Gasteiger partial charge is 0.744 e. The van der Waals surface area contributed by atoms with Gasteiger partial charge in [0.05, 0.1) is 6.26 Å². The summed E-state index contributed by atoms with van der Waals surface area (Å²) >= 11 is 0. The summed E-state index contributed by atoms with van der Waals surface area (Å²) in [5.41, 5.74) is 0.435. The number of hydrogen-bond donors (Lipinski definition) is 0. The monoisotopic (exact) mass is 300 g/mol. The van der Waals surface area contributed by atoms with Gasteiger partial charge in [-0.25, -0.2) is 8.42 Å². The van der Waals surface area contributed by atoms with Crippen LogP contribution in [0.5, 0.6) is 5.75 Å². The van der Waals surface area contributed by atoms with Crippen molar-refractivity contribution < 1.29 is 55.1 Å². The van der Waals surface area contributed by atoms with Crippen molar-refractivity contribution in [3.63, 3.8) is 0 Å². The van der Waals surface area contributed by atoms with E-state index in [-0.39, 0.29) is 35.3 Å². The maximum Gasteiger partial charge on any atom is 1.00 e. The molecule has 0 aromatic heterocycles. The van der Waals surface area contributed by atoms with Crippen molar-refractivity contribution in [2.24, 2.45) is 0 Å². The molecular formula is C9H9NaO6S2. The summed E-state index contributed by atoms with van der Waals surface area (Å²) in [6.07, 6.45) is 2.01. The van der Waals surface area contributed by atoms with Crippen molar-refractivity contribution in [1.29, 1.82) is 0 Å². The Balaban J connectivity index is 0.00000289. The van der Waals surface area contributed by atoms with Gasteiger partial charge in [0.1, 0.15) is 15.9 Å². The molecular weight excluding hydrogens is 291 g/mol. The number of benzene rings is 1. The van der Waals surface area contributed by atoms with Crippen molar-refractivity contribution in [2.75, 3.05) is 6.26 Å². The van der Waals surface area contributed by atoms with Crippen LogP contribution in [0.1, 0.15) is 5.56 Å². The Bertz CT molecular complexity index is 616. The van der Waals surface area contributed by atoms with Gasteiger partial charge in [0.15, 0.2) is 0 Å². The molecule has 0 N–H and O–H groups in total. The van der Waals surface area contributed by atoms with Gasteiger partial charge in [-0.05, 0) is 23.8 Å². The average Bonchev–Trinajstić information content (AvgIpc) is 2.13.